The molecule has 0 aliphatic carbocycles. The van der Waals surface area contributed by atoms with Crippen LogP contribution in [0.3, 0.4) is 0 Å². The Hall–Kier alpha value is -2.68. The van der Waals surface area contributed by atoms with Gasteiger partial charge in [0, 0.05) is 11.6 Å². The highest BCUT2D eigenvalue weighted by Crippen LogP contribution is 2.27. The first kappa shape index (κ1) is 13.3. The van der Waals surface area contributed by atoms with Crippen LogP contribution in [0.4, 0.5) is 0 Å². The average molecular weight is 277 g/mol. The minimum atomic E-state index is -0.326. The molecule has 0 aliphatic rings. The van der Waals surface area contributed by atoms with Gasteiger partial charge in [0.15, 0.2) is 0 Å². The predicted molar refractivity (Wildman–Crippen MR) is 83.3 cm³/mol. The van der Waals surface area contributed by atoms with Crippen molar-refractivity contribution >= 4 is 16.9 Å². The summed E-state index contributed by atoms with van der Waals surface area (Å²) in [7, 11) is 1.40. The summed E-state index contributed by atoms with van der Waals surface area (Å²) in [5.74, 6) is -0.326. The van der Waals surface area contributed by atoms with Gasteiger partial charge in [-0.2, -0.15) is 0 Å². The van der Waals surface area contributed by atoms with Crippen molar-refractivity contribution in [3.63, 3.8) is 0 Å². The smallest absolute Gasteiger partial charge is 0.338 e. The molecule has 3 rings (SSSR count). The Morgan fingerprint density at radius 1 is 1.10 bits per heavy atom. The van der Waals surface area contributed by atoms with Crippen molar-refractivity contribution in [2.45, 2.75) is 6.92 Å². The Bertz CT molecular complexity index is 824. The molecule has 0 saturated carbocycles. The van der Waals surface area contributed by atoms with E-state index >= 15 is 0 Å². The van der Waals surface area contributed by atoms with E-state index in [0.717, 1.165) is 27.6 Å². The van der Waals surface area contributed by atoms with Gasteiger partial charge in [-0.15, -0.1) is 0 Å². The molecule has 3 nitrogen and oxygen atoms in total. The molecule has 0 aliphatic heterocycles. The van der Waals surface area contributed by atoms with E-state index in [2.05, 4.69) is 17.1 Å². The summed E-state index contributed by atoms with van der Waals surface area (Å²) in [6.07, 6.45) is 1.85. The molecule has 0 saturated heterocycles. The van der Waals surface area contributed by atoms with Crippen LogP contribution in [-0.2, 0) is 4.74 Å². The highest BCUT2D eigenvalue weighted by Gasteiger charge is 2.12. The monoisotopic (exact) mass is 277 g/mol. The zero-order valence-corrected chi connectivity index (χ0v) is 12.0. The van der Waals surface area contributed by atoms with Gasteiger partial charge in [0.25, 0.3) is 0 Å². The molecule has 0 spiro atoms. The van der Waals surface area contributed by atoms with Gasteiger partial charge in [0.1, 0.15) is 0 Å². The van der Waals surface area contributed by atoms with Crippen LogP contribution in [0, 0.1) is 6.92 Å². The van der Waals surface area contributed by atoms with Crippen molar-refractivity contribution in [1.82, 2.24) is 4.98 Å². The van der Waals surface area contributed by atoms with E-state index < -0.39 is 0 Å². The normalized spacial score (nSPS) is 10.6. The third kappa shape index (κ3) is 2.50. The summed E-state index contributed by atoms with van der Waals surface area (Å²) in [5, 5.41) is 1.06. The molecular formula is C18H15NO2. The van der Waals surface area contributed by atoms with Gasteiger partial charge in [-0.25, -0.2) is 4.79 Å². The first-order chi connectivity index (χ1) is 10.2. The molecule has 0 atom stereocenters. The maximum Gasteiger partial charge on any atom is 0.338 e. The number of benzene rings is 2. The highest BCUT2D eigenvalue weighted by molar-refractivity contribution is 5.98. The molecule has 0 radical (unpaired) electrons. The van der Waals surface area contributed by atoms with Crippen molar-refractivity contribution in [3.8, 4) is 11.1 Å². The van der Waals surface area contributed by atoms with Crippen molar-refractivity contribution < 1.29 is 9.53 Å². The fourth-order valence-electron chi connectivity index (χ4n) is 2.43. The van der Waals surface area contributed by atoms with E-state index in [1.54, 1.807) is 6.07 Å². The SMILES string of the molecule is COC(=O)c1ccccc1-c1ccc2ncc(C)cc2c1. The standard InChI is InChI=1S/C18H15NO2/c1-12-9-14-10-13(7-8-17(14)19-11-12)15-5-3-4-6-16(15)18(20)21-2/h3-11H,1-2H3. The van der Waals surface area contributed by atoms with Crippen LogP contribution in [-0.4, -0.2) is 18.1 Å². The van der Waals surface area contributed by atoms with Crippen molar-refractivity contribution in [1.29, 1.82) is 0 Å². The summed E-state index contributed by atoms with van der Waals surface area (Å²) < 4.78 is 4.85. The molecule has 0 unspecified atom stereocenters. The first-order valence-electron chi connectivity index (χ1n) is 6.73. The minimum absolute atomic E-state index is 0.326. The van der Waals surface area contributed by atoms with Gasteiger partial charge in [0.05, 0.1) is 18.2 Å². The number of hydrogen-bond acceptors (Lipinski definition) is 3. The summed E-state index contributed by atoms with van der Waals surface area (Å²) in [4.78, 5) is 16.3. The number of aromatic nitrogens is 1. The third-order valence-corrected chi connectivity index (χ3v) is 3.46. The van der Waals surface area contributed by atoms with E-state index in [0.29, 0.717) is 5.56 Å². The van der Waals surface area contributed by atoms with Crippen molar-refractivity contribution in [3.05, 3.63) is 65.9 Å². The largest absolute Gasteiger partial charge is 0.465 e. The van der Waals surface area contributed by atoms with Gasteiger partial charge in [-0.3, -0.25) is 4.98 Å². The number of pyridine rings is 1. The van der Waals surface area contributed by atoms with E-state index in [1.807, 2.05) is 43.5 Å². The van der Waals surface area contributed by atoms with Crippen molar-refractivity contribution in [2.75, 3.05) is 7.11 Å². The number of ether oxygens (including phenoxy) is 1. The first-order valence-corrected chi connectivity index (χ1v) is 6.73. The Labute approximate surface area is 123 Å². The number of hydrogen-bond donors (Lipinski definition) is 0. The van der Waals surface area contributed by atoms with Gasteiger partial charge in [0.2, 0.25) is 0 Å². The number of esters is 1. The van der Waals surface area contributed by atoms with Gasteiger partial charge >= 0.3 is 5.97 Å². The summed E-state index contributed by atoms with van der Waals surface area (Å²) in [6.45, 7) is 2.02. The fourth-order valence-corrected chi connectivity index (χ4v) is 2.43. The quantitative estimate of drug-likeness (QED) is 0.665. The summed E-state index contributed by atoms with van der Waals surface area (Å²) in [6, 6.07) is 15.5. The zero-order chi connectivity index (χ0) is 14.8. The lowest BCUT2D eigenvalue weighted by atomic mass is 9.98. The Kier molecular flexibility index (Phi) is 3.40. The number of fused-ring (bicyclic) bond motifs is 1. The van der Waals surface area contributed by atoms with Gasteiger partial charge in [-0.1, -0.05) is 24.3 Å². The predicted octanol–water partition coefficient (Wildman–Crippen LogP) is 4.00. The maximum atomic E-state index is 11.9. The second-order valence-corrected chi connectivity index (χ2v) is 4.96. The molecule has 0 bridgehead atoms. The fraction of sp³-hybridized carbons (Fsp3) is 0.111. The lowest BCUT2D eigenvalue weighted by Gasteiger charge is -2.09. The molecule has 1 heterocycles. The van der Waals surface area contributed by atoms with Crippen LogP contribution < -0.4 is 0 Å². The van der Waals surface area contributed by atoms with E-state index in [4.69, 9.17) is 4.74 Å². The van der Waals surface area contributed by atoms with Crippen LogP contribution in [0.5, 0.6) is 0 Å². The minimum Gasteiger partial charge on any atom is -0.465 e. The number of aryl methyl sites for hydroxylation is 1. The molecule has 2 aromatic carbocycles. The second kappa shape index (κ2) is 5.37. The van der Waals surface area contributed by atoms with E-state index in [9.17, 15) is 4.79 Å². The topological polar surface area (TPSA) is 39.2 Å². The van der Waals surface area contributed by atoms with E-state index in [-0.39, 0.29) is 5.97 Å². The van der Waals surface area contributed by atoms with Crippen molar-refractivity contribution in [2.24, 2.45) is 0 Å². The second-order valence-electron chi connectivity index (χ2n) is 4.96. The zero-order valence-electron chi connectivity index (χ0n) is 12.0. The molecular weight excluding hydrogens is 262 g/mol. The van der Waals surface area contributed by atoms with Crippen LogP contribution >= 0.6 is 0 Å². The number of rotatable bonds is 2. The van der Waals surface area contributed by atoms with Crippen LogP contribution in [0.1, 0.15) is 15.9 Å². The molecule has 0 N–H and O–H groups in total. The number of carbonyl (C=O) groups is 1. The van der Waals surface area contributed by atoms with Crippen LogP contribution in [0.2, 0.25) is 0 Å². The summed E-state index contributed by atoms with van der Waals surface area (Å²) in [5.41, 5.74) is 4.48. The van der Waals surface area contributed by atoms with Crippen LogP contribution in [0.25, 0.3) is 22.0 Å². The average Bonchev–Trinajstić information content (AvgIpc) is 2.53. The Morgan fingerprint density at radius 2 is 1.90 bits per heavy atom. The molecule has 21 heavy (non-hydrogen) atoms. The lowest BCUT2D eigenvalue weighted by molar-refractivity contribution is 0.0601. The molecule has 0 amide bonds. The molecule has 3 aromatic rings. The molecule has 3 heteroatoms. The van der Waals surface area contributed by atoms with Gasteiger partial charge in [-0.05, 0) is 47.9 Å². The third-order valence-electron chi connectivity index (χ3n) is 3.46. The lowest BCUT2D eigenvalue weighted by Crippen LogP contribution is -2.03. The number of methoxy groups -OCH3 is 1. The number of nitrogens with zero attached hydrogens (tertiary/aromatic N) is 1. The molecule has 104 valence electrons. The number of carbonyl (C=O) groups excluding carboxylic acids is 1. The highest BCUT2D eigenvalue weighted by atomic mass is 16.5. The van der Waals surface area contributed by atoms with Gasteiger partial charge < -0.3 is 4.74 Å². The Balaban J connectivity index is 2.19. The van der Waals surface area contributed by atoms with E-state index in [1.165, 1.54) is 7.11 Å². The molecule has 1 aromatic heterocycles. The maximum absolute atomic E-state index is 11.9. The van der Waals surface area contributed by atoms with Crippen LogP contribution in [0.15, 0.2) is 54.7 Å². The summed E-state index contributed by atoms with van der Waals surface area (Å²) >= 11 is 0. The Morgan fingerprint density at radius 3 is 2.71 bits per heavy atom. The molecule has 0 fully saturated rings.